The van der Waals surface area contributed by atoms with Gasteiger partial charge in [-0.1, -0.05) is 45.4 Å². The van der Waals surface area contributed by atoms with E-state index in [9.17, 15) is 0 Å². The molecule has 0 aromatic carbocycles. The van der Waals surface area contributed by atoms with Crippen molar-refractivity contribution >= 4 is 0 Å². The lowest BCUT2D eigenvalue weighted by molar-refractivity contribution is -0.140. The molecular formula is C20H38O2. The fourth-order valence-electron chi connectivity index (χ4n) is 2.46. The van der Waals surface area contributed by atoms with Crippen LogP contribution in [-0.4, -0.2) is 19.5 Å². The molecule has 0 aromatic rings. The first-order chi connectivity index (χ1) is 10.8. The van der Waals surface area contributed by atoms with Crippen molar-refractivity contribution in [3.63, 3.8) is 0 Å². The second-order valence-corrected chi connectivity index (χ2v) is 5.81. The predicted octanol–water partition coefficient (Wildman–Crippen LogP) is 6.09. The molecule has 130 valence electrons. The normalized spacial score (nSPS) is 10.7. The van der Waals surface area contributed by atoms with Crippen LogP contribution in [0.15, 0.2) is 0 Å². The Hall–Kier alpha value is -0.520. The summed E-state index contributed by atoms with van der Waals surface area (Å²) in [4.78, 5) is 0. The average Bonchev–Trinajstić information content (AvgIpc) is 2.52. The third kappa shape index (κ3) is 15.9. The van der Waals surface area contributed by atoms with Crippen LogP contribution in [0.2, 0.25) is 0 Å². The first-order valence-corrected chi connectivity index (χ1v) is 9.54. The van der Waals surface area contributed by atoms with Gasteiger partial charge in [0.05, 0.1) is 0 Å². The minimum atomic E-state index is -0.00575. The van der Waals surface area contributed by atoms with Crippen molar-refractivity contribution in [2.75, 3.05) is 13.2 Å². The third-order valence-corrected chi connectivity index (χ3v) is 3.73. The number of hydrogen-bond donors (Lipinski definition) is 0. The van der Waals surface area contributed by atoms with Crippen LogP contribution in [-0.2, 0) is 9.47 Å². The molecule has 0 spiro atoms. The summed E-state index contributed by atoms with van der Waals surface area (Å²) in [5.74, 6) is 6.63. The monoisotopic (exact) mass is 310 g/mol. The standard InChI is InChI=1S/C20H38O2/c1-4-7-8-9-10-11-12-13-14-15-16-17-18-19-20(21-5-2)22-6-3/h20H,4-12,15-19H2,1-3H3. The smallest absolute Gasteiger partial charge is 0.157 e. The maximum atomic E-state index is 5.54. The van der Waals surface area contributed by atoms with Crippen LogP contribution in [0.1, 0.15) is 97.8 Å². The molecule has 0 saturated heterocycles. The third-order valence-electron chi connectivity index (χ3n) is 3.73. The summed E-state index contributed by atoms with van der Waals surface area (Å²) >= 11 is 0. The Labute approximate surface area is 139 Å². The molecule has 0 rings (SSSR count). The van der Waals surface area contributed by atoms with E-state index in [0.717, 1.165) is 32.5 Å². The van der Waals surface area contributed by atoms with Gasteiger partial charge in [0.2, 0.25) is 0 Å². The number of ether oxygens (including phenoxy) is 2. The van der Waals surface area contributed by atoms with Gasteiger partial charge in [0, 0.05) is 26.1 Å². The van der Waals surface area contributed by atoms with E-state index < -0.39 is 0 Å². The van der Waals surface area contributed by atoms with E-state index >= 15 is 0 Å². The molecule has 0 saturated carbocycles. The van der Waals surface area contributed by atoms with Gasteiger partial charge in [-0.15, -0.1) is 11.8 Å². The zero-order chi connectivity index (χ0) is 16.3. The van der Waals surface area contributed by atoms with Crippen LogP contribution >= 0.6 is 0 Å². The van der Waals surface area contributed by atoms with Crippen LogP contribution in [0.5, 0.6) is 0 Å². The lowest BCUT2D eigenvalue weighted by Crippen LogP contribution is -2.17. The van der Waals surface area contributed by atoms with Gasteiger partial charge in [-0.3, -0.25) is 0 Å². The van der Waals surface area contributed by atoms with Gasteiger partial charge >= 0.3 is 0 Å². The predicted molar refractivity (Wildman–Crippen MR) is 95.9 cm³/mol. The Bertz CT molecular complexity index is 259. The van der Waals surface area contributed by atoms with Crippen molar-refractivity contribution in [3.8, 4) is 11.8 Å². The SMILES string of the molecule is CCCCCCCCC#CCCCCCC(OCC)OCC. The highest BCUT2D eigenvalue weighted by Gasteiger charge is 2.06. The molecule has 2 heteroatoms. The molecule has 0 atom stereocenters. The highest BCUT2D eigenvalue weighted by atomic mass is 16.7. The molecule has 0 fully saturated rings. The van der Waals surface area contributed by atoms with E-state index in [4.69, 9.17) is 9.47 Å². The van der Waals surface area contributed by atoms with Crippen molar-refractivity contribution in [2.45, 2.75) is 104 Å². The van der Waals surface area contributed by atoms with Gasteiger partial charge in [-0.05, 0) is 39.5 Å². The van der Waals surface area contributed by atoms with Crippen molar-refractivity contribution in [2.24, 2.45) is 0 Å². The Morgan fingerprint density at radius 3 is 1.68 bits per heavy atom. The van der Waals surface area contributed by atoms with Crippen LogP contribution < -0.4 is 0 Å². The van der Waals surface area contributed by atoms with Gasteiger partial charge in [0.15, 0.2) is 6.29 Å². The van der Waals surface area contributed by atoms with E-state index in [1.165, 1.54) is 57.8 Å². The van der Waals surface area contributed by atoms with Crippen LogP contribution in [0.3, 0.4) is 0 Å². The van der Waals surface area contributed by atoms with E-state index in [1.807, 2.05) is 13.8 Å². The minimum absolute atomic E-state index is 0.00575. The number of hydrogen-bond acceptors (Lipinski definition) is 2. The van der Waals surface area contributed by atoms with Gasteiger partial charge in [-0.2, -0.15) is 0 Å². The molecule has 0 amide bonds. The van der Waals surface area contributed by atoms with Crippen molar-refractivity contribution in [1.29, 1.82) is 0 Å². The molecular weight excluding hydrogens is 272 g/mol. The fourth-order valence-corrected chi connectivity index (χ4v) is 2.46. The van der Waals surface area contributed by atoms with Gasteiger partial charge < -0.3 is 9.47 Å². The largest absolute Gasteiger partial charge is 0.353 e. The maximum absolute atomic E-state index is 5.54. The summed E-state index contributed by atoms with van der Waals surface area (Å²) in [5.41, 5.74) is 0. The lowest BCUT2D eigenvalue weighted by Gasteiger charge is -2.16. The number of unbranched alkanes of at least 4 members (excludes halogenated alkanes) is 9. The second kappa shape index (κ2) is 18.5. The molecule has 0 N–H and O–H groups in total. The molecule has 0 aliphatic heterocycles. The molecule has 0 radical (unpaired) electrons. The molecule has 0 aliphatic rings. The summed E-state index contributed by atoms with van der Waals surface area (Å²) in [6, 6.07) is 0. The van der Waals surface area contributed by atoms with E-state index in [1.54, 1.807) is 0 Å². The minimum Gasteiger partial charge on any atom is -0.353 e. The maximum Gasteiger partial charge on any atom is 0.157 e. The molecule has 0 heterocycles. The van der Waals surface area contributed by atoms with E-state index in [0.29, 0.717) is 0 Å². The molecule has 0 aliphatic carbocycles. The summed E-state index contributed by atoms with van der Waals surface area (Å²) in [5, 5.41) is 0. The topological polar surface area (TPSA) is 18.5 Å². The van der Waals surface area contributed by atoms with Gasteiger partial charge in [0.1, 0.15) is 0 Å². The van der Waals surface area contributed by atoms with Crippen molar-refractivity contribution in [3.05, 3.63) is 0 Å². The zero-order valence-electron chi connectivity index (χ0n) is 15.3. The average molecular weight is 311 g/mol. The molecule has 0 bridgehead atoms. The van der Waals surface area contributed by atoms with Gasteiger partial charge in [-0.25, -0.2) is 0 Å². The molecule has 0 unspecified atom stereocenters. The Kier molecular flexibility index (Phi) is 18.1. The molecule has 0 aromatic heterocycles. The lowest BCUT2D eigenvalue weighted by atomic mass is 10.1. The van der Waals surface area contributed by atoms with E-state index in [-0.39, 0.29) is 6.29 Å². The van der Waals surface area contributed by atoms with Crippen molar-refractivity contribution < 1.29 is 9.47 Å². The Balaban J connectivity index is 3.33. The van der Waals surface area contributed by atoms with Gasteiger partial charge in [0.25, 0.3) is 0 Å². The second-order valence-electron chi connectivity index (χ2n) is 5.81. The van der Waals surface area contributed by atoms with Crippen LogP contribution in [0.4, 0.5) is 0 Å². The van der Waals surface area contributed by atoms with Crippen LogP contribution in [0.25, 0.3) is 0 Å². The van der Waals surface area contributed by atoms with E-state index in [2.05, 4.69) is 18.8 Å². The highest BCUT2D eigenvalue weighted by molar-refractivity contribution is 4.98. The summed E-state index contributed by atoms with van der Waals surface area (Å²) in [6.07, 6.45) is 14.9. The first kappa shape index (κ1) is 21.5. The van der Waals surface area contributed by atoms with Crippen LogP contribution in [0, 0.1) is 11.8 Å². The summed E-state index contributed by atoms with van der Waals surface area (Å²) in [6.45, 7) is 7.76. The molecule has 2 nitrogen and oxygen atoms in total. The quantitative estimate of drug-likeness (QED) is 0.207. The Morgan fingerprint density at radius 2 is 1.14 bits per heavy atom. The van der Waals surface area contributed by atoms with Crippen molar-refractivity contribution in [1.82, 2.24) is 0 Å². The summed E-state index contributed by atoms with van der Waals surface area (Å²) < 4.78 is 11.1. The Morgan fingerprint density at radius 1 is 0.636 bits per heavy atom. The fraction of sp³-hybridized carbons (Fsp3) is 0.900. The first-order valence-electron chi connectivity index (χ1n) is 9.54. The molecule has 22 heavy (non-hydrogen) atoms. The number of rotatable bonds is 15. The zero-order valence-corrected chi connectivity index (χ0v) is 15.3. The summed E-state index contributed by atoms with van der Waals surface area (Å²) in [7, 11) is 0. The highest BCUT2D eigenvalue weighted by Crippen LogP contribution is 2.10.